The molecule has 0 aliphatic heterocycles. The average molecular weight is 319 g/mol. The lowest BCUT2D eigenvalue weighted by Gasteiger charge is -2.43. The molecular formula is C17H21NO5. The minimum Gasteiger partial charge on any atom is -0.481 e. The summed E-state index contributed by atoms with van der Waals surface area (Å²) in [7, 11) is 0. The van der Waals surface area contributed by atoms with E-state index in [9.17, 15) is 19.5 Å². The third-order valence-corrected chi connectivity index (χ3v) is 3.80. The fraction of sp³-hybridized carbons (Fsp3) is 0.471. The van der Waals surface area contributed by atoms with E-state index in [4.69, 9.17) is 4.74 Å². The van der Waals surface area contributed by atoms with Crippen LogP contribution in [0.4, 0.5) is 4.79 Å². The lowest BCUT2D eigenvalue weighted by Crippen LogP contribution is -2.54. The van der Waals surface area contributed by atoms with Crippen LogP contribution in [-0.2, 0) is 14.3 Å². The molecule has 0 aromatic heterocycles. The van der Waals surface area contributed by atoms with Crippen molar-refractivity contribution >= 4 is 17.8 Å². The molecule has 0 radical (unpaired) electrons. The lowest BCUT2D eigenvalue weighted by molar-refractivity contribution is -0.163. The van der Waals surface area contributed by atoms with Crippen LogP contribution >= 0.6 is 0 Å². The highest BCUT2D eigenvalue weighted by molar-refractivity contribution is 5.98. The number of carbonyl (C=O) groups excluding carboxylic acids is 2. The highest BCUT2D eigenvalue weighted by Crippen LogP contribution is 2.48. The quantitative estimate of drug-likeness (QED) is 0.890. The van der Waals surface area contributed by atoms with E-state index >= 15 is 0 Å². The molecule has 1 amide bonds. The number of benzene rings is 1. The Morgan fingerprint density at radius 1 is 1.22 bits per heavy atom. The third kappa shape index (κ3) is 3.70. The Bertz CT molecular complexity index is 610. The van der Waals surface area contributed by atoms with Gasteiger partial charge in [-0.25, -0.2) is 4.79 Å². The second-order valence-electron chi connectivity index (χ2n) is 6.84. The van der Waals surface area contributed by atoms with Crippen LogP contribution < -0.4 is 5.32 Å². The first kappa shape index (κ1) is 17.0. The normalized spacial score (nSPS) is 17.8. The number of nitrogens with one attached hydrogen (secondary N) is 1. The lowest BCUT2D eigenvalue weighted by atomic mass is 9.61. The van der Waals surface area contributed by atoms with Crippen LogP contribution in [0.25, 0.3) is 0 Å². The van der Waals surface area contributed by atoms with Gasteiger partial charge in [-0.05, 0) is 26.3 Å². The predicted octanol–water partition coefficient (Wildman–Crippen LogP) is 2.69. The van der Waals surface area contributed by atoms with Gasteiger partial charge in [-0.15, -0.1) is 0 Å². The number of rotatable bonds is 4. The molecule has 1 unspecified atom stereocenters. The van der Waals surface area contributed by atoms with Gasteiger partial charge in [-0.3, -0.25) is 9.59 Å². The number of alkyl carbamates (subject to hydrolysis) is 1. The molecule has 1 atom stereocenters. The third-order valence-electron chi connectivity index (χ3n) is 3.80. The fourth-order valence-electron chi connectivity index (χ4n) is 2.74. The maximum Gasteiger partial charge on any atom is 0.408 e. The molecule has 0 spiro atoms. The number of ether oxygens (including phenoxy) is 1. The van der Waals surface area contributed by atoms with E-state index in [0.29, 0.717) is 5.56 Å². The van der Waals surface area contributed by atoms with Crippen molar-refractivity contribution in [1.29, 1.82) is 0 Å². The summed E-state index contributed by atoms with van der Waals surface area (Å²) in [5.41, 5.74) is -1.39. The molecule has 6 heteroatoms. The van der Waals surface area contributed by atoms with Gasteiger partial charge < -0.3 is 15.2 Å². The molecule has 124 valence electrons. The van der Waals surface area contributed by atoms with Gasteiger partial charge in [0.15, 0.2) is 0 Å². The second-order valence-corrected chi connectivity index (χ2v) is 6.84. The molecular weight excluding hydrogens is 298 g/mol. The summed E-state index contributed by atoms with van der Waals surface area (Å²) in [6.45, 7) is 5.18. The Hall–Kier alpha value is -2.37. The predicted molar refractivity (Wildman–Crippen MR) is 82.9 cm³/mol. The van der Waals surface area contributed by atoms with Gasteiger partial charge in [0.25, 0.3) is 0 Å². The smallest absolute Gasteiger partial charge is 0.408 e. The summed E-state index contributed by atoms with van der Waals surface area (Å²) in [4.78, 5) is 35.4. The first-order valence-electron chi connectivity index (χ1n) is 7.44. The summed E-state index contributed by atoms with van der Waals surface area (Å²) >= 11 is 0. The van der Waals surface area contributed by atoms with Gasteiger partial charge in [-0.1, -0.05) is 30.3 Å². The van der Waals surface area contributed by atoms with E-state index < -0.39 is 29.1 Å². The molecule has 0 heterocycles. The summed E-state index contributed by atoms with van der Waals surface area (Å²) in [5.74, 6) is -1.22. The topological polar surface area (TPSA) is 92.7 Å². The highest BCUT2D eigenvalue weighted by Gasteiger charge is 2.56. The minimum absolute atomic E-state index is 0.0995. The molecule has 1 aromatic rings. The highest BCUT2D eigenvalue weighted by atomic mass is 16.6. The number of carboxylic acids is 1. The molecule has 1 fully saturated rings. The van der Waals surface area contributed by atoms with Crippen molar-refractivity contribution in [2.45, 2.75) is 45.3 Å². The molecule has 1 aliphatic rings. The Balaban J connectivity index is 2.32. The molecule has 23 heavy (non-hydrogen) atoms. The number of aliphatic carboxylic acids is 1. The van der Waals surface area contributed by atoms with E-state index in [0.717, 1.165) is 0 Å². The minimum atomic E-state index is -1.32. The molecule has 6 nitrogen and oxygen atoms in total. The van der Waals surface area contributed by atoms with Crippen molar-refractivity contribution in [2.24, 2.45) is 5.41 Å². The van der Waals surface area contributed by atoms with Gasteiger partial charge in [0.1, 0.15) is 16.8 Å². The van der Waals surface area contributed by atoms with E-state index in [1.807, 2.05) is 0 Å². The maximum absolute atomic E-state index is 12.1. The zero-order valence-electron chi connectivity index (χ0n) is 13.5. The number of ketones is 1. The zero-order valence-corrected chi connectivity index (χ0v) is 13.5. The van der Waals surface area contributed by atoms with E-state index in [1.165, 1.54) is 0 Å². The van der Waals surface area contributed by atoms with Crippen molar-refractivity contribution in [3.05, 3.63) is 35.9 Å². The van der Waals surface area contributed by atoms with Crippen molar-refractivity contribution < 1.29 is 24.2 Å². The van der Waals surface area contributed by atoms with Gasteiger partial charge in [0.2, 0.25) is 0 Å². The number of carboxylic acid groups (broad SMARTS) is 1. The molecule has 1 aliphatic carbocycles. The molecule has 2 rings (SSSR count). The van der Waals surface area contributed by atoms with Crippen molar-refractivity contribution in [3.63, 3.8) is 0 Å². The number of hydrogen-bond donors (Lipinski definition) is 2. The van der Waals surface area contributed by atoms with Crippen molar-refractivity contribution in [1.82, 2.24) is 5.32 Å². The number of hydrogen-bond acceptors (Lipinski definition) is 4. The average Bonchev–Trinajstić information content (AvgIpc) is 2.40. The number of amides is 1. The zero-order chi connectivity index (χ0) is 17.3. The monoisotopic (exact) mass is 319 g/mol. The molecule has 0 bridgehead atoms. The van der Waals surface area contributed by atoms with E-state index in [2.05, 4.69) is 5.32 Å². The van der Waals surface area contributed by atoms with Gasteiger partial charge in [0, 0.05) is 12.8 Å². The van der Waals surface area contributed by atoms with E-state index in [-0.39, 0.29) is 18.6 Å². The van der Waals surface area contributed by atoms with Crippen LogP contribution in [0.2, 0.25) is 0 Å². The molecule has 2 N–H and O–H groups in total. The molecule has 1 aromatic carbocycles. The summed E-state index contributed by atoms with van der Waals surface area (Å²) < 4.78 is 5.23. The summed E-state index contributed by atoms with van der Waals surface area (Å²) in [6, 6.07) is 7.96. The second kappa shape index (κ2) is 6.02. The summed E-state index contributed by atoms with van der Waals surface area (Å²) in [6.07, 6.45) is -0.901. The van der Waals surface area contributed by atoms with Gasteiger partial charge in [0.05, 0.1) is 6.04 Å². The van der Waals surface area contributed by atoms with Gasteiger partial charge >= 0.3 is 12.1 Å². The van der Waals surface area contributed by atoms with Crippen LogP contribution in [0.1, 0.15) is 45.2 Å². The largest absolute Gasteiger partial charge is 0.481 e. The van der Waals surface area contributed by atoms with Crippen LogP contribution in [0.15, 0.2) is 30.3 Å². The number of carbonyl (C=O) groups is 3. The Kier molecular flexibility index (Phi) is 4.45. The van der Waals surface area contributed by atoms with E-state index in [1.54, 1.807) is 51.1 Å². The summed E-state index contributed by atoms with van der Waals surface area (Å²) in [5, 5.41) is 12.3. The SMILES string of the molecule is CC(C)(C)OC(=O)NC(c1ccccc1)C1(C(=O)O)CC(=O)C1. The van der Waals surface area contributed by atoms with Crippen LogP contribution in [0.3, 0.4) is 0 Å². The van der Waals surface area contributed by atoms with Crippen LogP contribution in [0, 0.1) is 5.41 Å². The first-order valence-corrected chi connectivity index (χ1v) is 7.44. The van der Waals surface area contributed by atoms with Crippen LogP contribution in [-0.4, -0.2) is 28.6 Å². The van der Waals surface area contributed by atoms with Gasteiger partial charge in [-0.2, -0.15) is 0 Å². The fourth-order valence-corrected chi connectivity index (χ4v) is 2.74. The van der Waals surface area contributed by atoms with Crippen molar-refractivity contribution in [2.75, 3.05) is 0 Å². The van der Waals surface area contributed by atoms with Crippen LogP contribution in [0.5, 0.6) is 0 Å². The first-order chi connectivity index (χ1) is 10.6. The Morgan fingerprint density at radius 2 is 1.78 bits per heavy atom. The number of Topliss-reactive ketones (excluding diaryl/α,β-unsaturated/α-hetero) is 1. The Morgan fingerprint density at radius 3 is 2.22 bits per heavy atom. The molecule has 1 saturated carbocycles. The standard InChI is InChI=1S/C17H21NO5/c1-16(2,3)23-15(22)18-13(11-7-5-4-6-8-11)17(14(20)21)9-12(19)10-17/h4-8,13H,9-10H2,1-3H3,(H,18,22)(H,20,21). The molecule has 0 saturated heterocycles. The Labute approximate surface area is 134 Å². The maximum atomic E-state index is 12.1. The van der Waals surface area contributed by atoms with Crippen molar-refractivity contribution in [3.8, 4) is 0 Å².